The van der Waals surface area contributed by atoms with Crippen molar-refractivity contribution >= 4 is 17.2 Å². The van der Waals surface area contributed by atoms with Gasteiger partial charge in [-0.2, -0.15) is 5.10 Å². The minimum Gasteiger partial charge on any atom is -0.494 e. The molecule has 3 aromatic rings. The third-order valence-corrected chi connectivity index (χ3v) is 5.63. The first-order valence-corrected chi connectivity index (χ1v) is 10.2. The number of aryl methyl sites for hydroxylation is 1. The molecule has 1 saturated heterocycles. The van der Waals surface area contributed by atoms with E-state index in [0.717, 1.165) is 40.6 Å². The van der Waals surface area contributed by atoms with Crippen LogP contribution in [0.25, 0.3) is 0 Å². The van der Waals surface area contributed by atoms with Gasteiger partial charge in [0, 0.05) is 38.0 Å². The molecule has 31 heavy (non-hydrogen) atoms. The molecule has 0 bridgehead atoms. The van der Waals surface area contributed by atoms with Crippen LogP contribution in [0.1, 0.15) is 16.8 Å². The number of hydrogen-bond donors (Lipinski definition) is 2. The molecule has 2 aliphatic heterocycles. The van der Waals surface area contributed by atoms with Crippen molar-refractivity contribution in [3.05, 3.63) is 59.3 Å². The van der Waals surface area contributed by atoms with E-state index in [2.05, 4.69) is 33.7 Å². The van der Waals surface area contributed by atoms with Crippen molar-refractivity contribution in [2.45, 2.75) is 32.3 Å². The van der Waals surface area contributed by atoms with Gasteiger partial charge in [0.2, 0.25) is 0 Å². The van der Waals surface area contributed by atoms with Gasteiger partial charge in [-0.3, -0.25) is 4.68 Å². The lowest BCUT2D eigenvalue weighted by Crippen LogP contribution is -2.22. The Hall–Kier alpha value is -3.33. The lowest BCUT2D eigenvalue weighted by atomic mass is 10.2. The Morgan fingerprint density at radius 3 is 3.03 bits per heavy atom. The lowest BCUT2D eigenvalue weighted by Gasteiger charge is -2.22. The van der Waals surface area contributed by atoms with Crippen molar-refractivity contribution < 1.29 is 13.9 Å². The lowest BCUT2D eigenvalue weighted by molar-refractivity contribution is 0.381. The highest BCUT2D eigenvalue weighted by molar-refractivity contribution is 5.76. The molecule has 2 aromatic heterocycles. The molecule has 2 atom stereocenters. The Kier molecular flexibility index (Phi) is 4.90. The van der Waals surface area contributed by atoms with Crippen molar-refractivity contribution in [3.8, 4) is 5.75 Å². The summed E-state index contributed by atoms with van der Waals surface area (Å²) in [5, 5.41) is 11.2. The molecule has 0 aliphatic carbocycles. The summed E-state index contributed by atoms with van der Waals surface area (Å²) >= 11 is 0. The van der Waals surface area contributed by atoms with Crippen molar-refractivity contribution in [2.75, 3.05) is 36.2 Å². The normalized spacial score (nSPS) is 19.2. The van der Waals surface area contributed by atoms with Gasteiger partial charge in [-0.1, -0.05) is 6.07 Å². The second-order valence-corrected chi connectivity index (χ2v) is 7.98. The number of fused-ring (bicyclic) bond motifs is 2. The van der Waals surface area contributed by atoms with Gasteiger partial charge in [0.15, 0.2) is 17.8 Å². The molecular formula is C22H25FN6O2. The standard InChI is InChI=1S/C22H25FN6O2/c1-13-21-17(28(2)12-19-22(27-21)31-19)7-20(26-13)24-8-15-9-25-29(11-15)10-14-4-5-16(23)18(6-14)30-3/h4-7,9,11,19,22,27H,8,10,12H2,1-3H3,(H,24,26). The van der Waals surface area contributed by atoms with Gasteiger partial charge in [0.05, 0.1) is 36.9 Å². The number of nitrogens with zero attached hydrogens (tertiary/aromatic N) is 4. The van der Waals surface area contributed by atoms with Gasteiger partial charge in [0.1, 0.15) is 11.9 Å². The number of rotatable bonds is 6. The summed E-state index contributed by atoms with van der Waals surface area (Å²) in [5.74, 6) is 0.683. The zero-order chi connectivity index (χ0) is 21.5. The fraction of sp³-hybridized carbons (Fsp3) is 0.364. The molecule has 1 fully saturated rings. The van der Waals surface area contributed by atoms with Crippen LogP contribution in [0.3, 0.4) is 0 Å². The monoisotopic (exact) mass is 424 g/mol. The molecule has 0 amide bonds. The predicted octanol–water partition coefficient (Wildman–Crippen LogP) is 2.98. The fourth-order valence-electron chi connectivity index (χ4n) is 3.91. The maximum Gasteiger partial charge on any atom is 0.165 e. The van der Waals surface area contributed by atoms with Crippen LogP contribution in [0.15, 0.2) is 36.7 Å². The van der Waals surface area contributed by atoms with Gasteiger partial charge in [-0.25, -0.2) is 9.37 Å². The second kappa shape index (κ2) is 7.73. The van der Waals surface area contributed by atoms with Crippen LogP contribution in [-0.2, 0) is 17.8 Å². The Bertz CT molecular complexity index is 1120. The Balaban J connectivity index is 1.26. The SMILES string of the molecule is COc1cc(Cn2cc(CNc3cc4c(c(C)n3)NC3OC3CN4C)cn2)ccc1F. The number of hydrogen-bond acceptors (Lipinski definition) is 7. The zero-order valence-corrected chi connectivity index (χ0v) is 17.7. The summed E-state index contributed by atoms with van der Waals surface area (Å²) in [6, 6.07) is 6.90. The molecular weight excluding hydrogens is 399 g/mol. The van der Waals surface area contributed by atoms with Crippen LogP contribution >= 0.6 is 0 Å². The number of aromatic nitrogens is 3. The van der Waals surface area contributed by atoms with Gasteiger partial charge in [-0.05, 0) is 24.6 Å². The highest BCUT2D eigenvalue weighted by Gasteiger charge is 2.43. The maximum absolute atomic E-state index is 13.6. The van der Waals surface area contributed by atoms with Gasteiger partial charge >= 0.3 is 0 Å². The summed E-state index contributed by atoms with van der Waals surface area (Å²) in [5.41, 5.74) is 5.03. The van der Waals surface area contributed by atoms with E-state index in [1.54, 1.807) is 12.1 Å². The largest absolute Gasteiger partial charge is 0.494 e. The summed E-state index contributed by atoms with van der Waals surface area (Å²) in [6.45, 7) is 3.99. The van der Waals surface area contributed by atoms with E-state index in [9.17, 15) is 4.39 Å². The van der Waals surface area contributed by atoms with Crippen LogP contribution in [0.4, 0.5) is 21.6 Å². The first-order valence-electron chi connectivity index (χ1n) is 10.2. The highest BCUT2D eigenvalue weighted by Crippen LogP contribution is 2.38. The molecule has 0 spiro atoms. The quantitative estimate of drug-likeness (QED) is 0.589. The van der Waals surface area contributed by atoms with Crippen molar-refractivity contribution in [2.24, 2.45) is 0 Å². The molecule has 0 radical (unpaired) electrons. The molecule has 5 rings (SSSR count). The number of halogens is 1. The summed E-state index contributed by atoms with van der Waals surface area (Å²) in [4.78, 5) is 6.90. The number of ether oxygens (including phenoxy) is 2. The summed E-state index contributed by atoms with van der Waals surface area (Å²) < 4.78 is 26.1. The van der Waals surface area contributed by atoms with Crippen molar-refractivity contribution in [3.63, 3.8) is 0 Å². The predicted molar refractivity (Wildman–Crippen MR) is 116 cm³/mol. The average molecular weight is 424 g/mol. The number of methoxy groups -OCH3 is 1. The number of likely N-dealkylation sites (N-methyl/N-ethyl adjacent to an activating group) is 1. The third kappa shape index (κ3) is 4.00. The summed E-state index contributed by atoms with van der Waals surface area (Å²) in [7, 11) is 3.53. The zero-order valence-electron chi connectivity index (χ0n) is 17.7. The number of pyridine rings is 1. The smallest absolute Gasteiger partial charge is 0.165 e. The van der Waals surface area contributed by atoms with Crippen LogP contribution in [-0.4, -0.2) is 47.8 Å². The molecule has 2 unspecified atom stereocenters. The fourth-order valence-corrected chi connectivity index (χ4v) is 3.91. The van der Waals surface area contributed by atoms with E-state index in [1.165, 1.54) is 13.2 Å². The second-order valence-electron chi connectivity index (χ2n) is 7.98. The number of benzene rings is 1. The number of nitrogens with one attached hydrogen (secondary N) is 2. The van der Waals surface area contributed by atoms with Gasteiger partial charge in [0.25, 0.3) is 0 Å². The minimum absolute atomic E-state index is 0.0925. The van der Waals surface area contributed by atoms with Crippen molar-refractivity contribution in [1.82, 2.24) is 14.8 Å². The van der Waals surface area contributed by atoms with E-state index in [0.29, 0.717) is 13.1 Å². The van der Waals surface area contributed by atoms with Crippen LogP contribution < -0.4 is 20.3 Å². The molecule has 9 heteroatoms. The Labute approximate surface area is 180 Å². The molecule has 1 aromatic carbocycles. The topological polar surface area (TPSA) is 79.8 Å². The van der Waals surface area contributed by atoms with Crippen LogP contribution in [0.2, 0.25) is 0 Å². The third-order valence-electron chi connectivity index (χ3n) is 5.63. The van der Waals surface area contributed by atoms with Gasteiger partial charge in [-0.15, -0.1) is 0 Å². The van der Waals surface area contributed by atoms with E-state index < -0.39 is 0 Å². The summed E-state index contributed by atoms with van der Waals surface area (Å²) in [6.07, 6.45) is 4.12. The molecule has 8 nitrogen and oxygen atoms in total. The Morgan fingerprint density at radius 2 is 2.19 bits per heavy atom. The highest BCUT2D eigenvalue weighted by atomic mass is 19.1. The maximum atomic E-state index is 13.6. The van der Waals surface area contributed by atoms with Crippen LogP contribution in [0.5, 0.6) is 5.75 Å². The number of epoxide rings is 1. The minimum atomic E-state index is -0.370. The molecule has 2 aliphatic rings. The van der Waals surface area contributed by atoms with E-state index in [4.69, 9.17) is 14.5 Å². The first-order chi connectivity index (χ1) is 15.0. The van der Waals surface area contributed by atoms with E-state index in [1.807, 2.05) is 24.0 Å². The number of anilines is 3. The molecule has 2 N–H and O–H groups in total. The average Bonchev–Trinajstić information content (AvgIpc) is 3.35. The molecule has 162 valence electrons. The van der Waals surface area contributed by atoms with E-state index >= 15 is 0 Å². The van der Waals surface area contributed by atoms with Crippen LogP contribution in [0, 0.1) is 12.7 Å². The first kappa shape index (κ1) is 19.6. The van der Waals surface area contributed by atoms with Crippen molar-refractivity contribution in [1.29, 1.82) is 0 Å². The molecule has 0 saturated carbocycles. The van der Waals surface area contributed by atoms with E-state index in [-0.39, 0.29) is 23.9 Å². The Morgan fingerprint density at radius 1 is 1.32 bits per heavy atom. The van der Waals surface area contributed by atoms with Gasteiger partial charge < -0.3 is 25.0 Å². The molecule has 4 heterocycles.